The highest BCUT2D eigenvalue weighted by Gasteiger charge is 2.34. The van der Waals surface area contributed by atoms with Gasteiger partial charge in [0.1, 0.15) is 0 Å². The molecule has 0 bridgehead atoms. The van der Waals surface area contributed by atoms with E-state index in [1.165, 1.54) is 38.5 Å². The molecule has 0 spiro atoms. The van der Waals surface area contributed by atoms with Crippen LogP contribution in [0.1, 0.15) is 65.7 Å². The van der Waals surface area contributed by atoms with E-state index in [9.17, 15) is 0 Å². The van der Waals surface area contributed by atoms with Gasteiger partial charge >= 0.3 is 0 Å². The first kappa shape index (κ1) is 18.6. The van der Waals surface area contributed by atoms with Gasteiger partial charge < -0.3 is 9.47 Å². The van der Waals surface area contributed by atoms with Gasteiger partial charge in [0.05, 0.1) is 5.25 Å². The predicted octanol–water partition coefficient (Wildman–Crippen LogP) is 4.69. The Balaban J connectivity index is 3.84. The molecule has 2 nitrogen and oxygen atoms in total. The van der Waals surface area contributed by atoms with Crippen LogP contribution in [0.15, 0.2) is 0 Å². The van der Waals surface area contributed by atoms with E-state index in [2.05, 4.69) is 32.2 Å². The van der Waals surface area contributed by atoms with E-state index in [1.807, 2.05) is 13.8 Å². The second-order valence-corrected chi connectivity index (χ2v) is 5.82. The van der Waals surface area contributed by atoms with E-state index in [0.29, 0.717) is 13.2 Å². The highest BCUT2D eigenvalue weighted by atomic mass is 32.1. The molecule has 0 aromatic heterocycles. The molecule has 0 fully saturated rings. The van der Waals surface area contributed by atoms with E-state index < -0.39 is 5.12 Å². The van der Waals surface area contributed by atoms with Gasteiger partial charge in [-0.3, -0.25) is 0 Å². The van der Waals surface area contributed by atoms with Gasteiger partial charge in [0.2, 0.25) is 5.12 Å². The van der Waals surface area contributed by atoms with Crippen molar-refractivity contribution in [2.24, 2.45) is 0 Å². The van der Waals surface area contributed by atoms with Gasteiger partial charge in [0.25, 0.3) is 0 Å². The number of ether oxygens (including phenoxy) is 2. The molecule has 0 radical (unpaired) electrons. The van der Waals surface area contributed by atoms with Crippen molar-refractivity contribution in [2.75, 3.05) is 13.2 Å². The third-order valence-corrected chi connectivity index (χ3v) is 4.33. The highest BCUT2D eigenvalue weighted by molar-refractivity contribution is 7.85. The molecule has 18 heavy (non-hydrogen) atoms. The summed E-state index contributed by atoms with van der Waals surface area (Å²) in [5.41, 5.74) is 0. The van der Waals surface area contributed by atoms with Gasteiger partial charge in [-0.05, 0) is 20.3 Å². The van der Waals surface area contributed by atoms with Crippen LogP contribution in [0.4, 0.5) is 0 Å². The Kier molecular flexibility index (Phi) is 11.8. The predicted molar refractivity (Wildman–Crippen MR) is 85.7 cm³/mol. The lowest BCUT2D eigenvalue weighted by molar-refractivity contribution is -0.164. The Morgan fingerprint density at radius 1 is 0.889 bits per heavy atom. The Morgan fingerprint density at radius 2 is 1.39 bits per heavy atom. The van der Waals surface area contributed by atoms with Gasteiger partial charge in [0.15, 0.2) is 0 Å². The third-order valence-electron chi connectivity index (χ3n) is 2.95. The number of hydrogen-bond donors (Lipinski definition) is 2. The smallest absolute Gasteiger partial charge is 0.227 e. The van der Waals surface area contributed by atoms with Gasteiger partial charge in [-0.15, -0.1) is 12.6 Å². The van der Waals surface area contributed by atoms with Crippen molar-refractivity contribution < 1.29 is 9.47 Å². The Morgan fingerprint density at radius 3 is 1.89 bits per heavy atom. The molecule has 0 aliphatic rings. The summed E-state index contributed by atoms with van der Waals surface area (Å²) in [5.74, 6) is 0. The van der Waals surface area contributed by atoms with Crippen LogP contribution in [-0.4, -0.2) is 23.6 Å². The summed E-state index contributed by atoms with van der Waals surface area (Å²) < 4.78 is 11.2. The van der Waals surface area contributed by atoms with Crippen LogP contribution in [0, 0.1) is 0 Å². The van der Waals surface area contributed by atoms with Crippen molar-refractivity contribution in [1.82, 2.24) is 0 Å². The zero-order valence-electron chi connectivity index (χ0n) is 12.2. The zero-order valence-corrected chi connectivity index (χ0v) is 13.9. The normalized spacial score (nSPS) is 13.8. The molecule has 0 rings (SSSR count). The molecule has 0 heterocycles. The highest BCUT2D eigenvalue weighted by Crippen LogP contribution is 2.30. The van der Waals surface area contributed by atoms with Gasteiger partial charge in [0, 0.05) is 13.2 Å². The first-order valence-corrected chi connectivity index (χ1v) is 8.25. The second-order valence-electron chi connectivity index (χ2n) is 4.57. The largest absolute Gasteiger partial charge is 0.341 e. The maximum Gasteiger partial charge on any atom is 0.227 e. The van der Waals surface area contributed by atoms with Crippen LogP contribution >= 0.6 is 25.3 Å². The summed E-state index contributed by atoms with van der Waals surface area (Å²) in [7, 11) is 0. The summed E-state index contributed by atoms with van der Waals surface area (Å²) >= 11 is 9.11. The maximum atomic E-state index is 5.59. The molecule has 0 aromatic carbocycles. The van der Waals surface area contributed by atoms with Crippen LogP contribution < -0.4 is 0 Å². The molecular weight excluding hydrogens is 264 g/mol. The van der Waals surface area contributed by atoms with Crippen molar-refractivity contribution in [1.29, 1.82) is 0 Å². The van der Waals surface area contributed by atoms with Crippen molar-refractivity contribution >= 4 is 25.3 Å². The summed E-state index contributed by atoms with van der Waals surface area (Å²) in [6.07, 6.45) is 8.72. The van der Waals surface area contributed by atoms with Crippen molar-refractivity contribution in [3.05, 3.63) is 0 Å². The van der Waals surface area contributed by atoms with E-state index in [1.54, 1.807) is 0 Å². The molecule has 110 valence electrons. The lowest BCUT2D eigenvalue weighted by Gasteiger charge is -2.33. The SMILES string of the molecule is CCCCCCCCC(S)C(S)(OCC)OCC. The van der Waals surface area contributed by atoms with E-state index in [-0.39, 0.29) is 5.25 Å². The Hall–Kier alpha value is 0.620. The van der Waals surface area contributed by atoms with Crippen molar-refractivity contribution in [3.63, 3.8) is 0 Å². The molecule has 1 atom stereocenters. The second kappa shape index (κ2) is 11.4. The lowest BCUT2D eigenvalue weighted by atomic mass is 10.1. The fourth-order valence-corrected chi connectivity index (χ4v) is 2.67. The summed E-state index contributed by atoms with van der Waals surface area (Å²) in [6.45, 7) is 7.34. The minimum Gasteiger partial charge on any atom is -0.341 e. The maximum absolute atomic E-state index is 5.59. The minimum atomic E-state index is -0.837. The standard InChI is InChI=1S/C14H30O2S2/c1-4-7-8-9-10-11-12-13(17)14(18,15-5-2)16-6-3/h13,17-18H,4-12H2,1-3H3. The van der Waals surface area contributed by atoms with Gasteiger partial charge in [-0.1, -0.05) is 45.4 Å². The molecule has 4 heteroatoms. The molecular formula is C14H30O2S2. The van der Waals surface area contributed by atoms with Crippen molar-refractivity contribution in [2.45, 2.75) is 76.1 Å². The molecule has 0 aromatic rings. The van der Waals surface area contributed by atoms with Crippen LogP contribution in [0.25, 0.3) is 0 Å². The molecule has 0 aliphatic heterocycles. The molecule has 0 amide bonds. The topological polar surface area (TPSA) is 18.5 Å². The zero-order chi connectivity index (χ0) is 13.9. The molecule has 1 unspecified atom stereocenters. The van der Waals surface area contributed by atoms with Crippen LogP contribution in [0.3, 0.4) is 0 Å². The summed E-state index contributed by atoms with van der Waals surface area (Å²) in [5, 5.41) is -0.817. The summed E-state index contributed by atoms with van der Waals surface area (Å²) in [6, 6.07) is 0. The van der Waals surface area contributed by atoms with E-state index >= 15 is 0 Å². The van der Waals surface area contributed by atoms with Crippen molar-refractivity contribution in [3.8, 4) is 0 Å². The monoisotopic (exact) mass is 294 g/mol. The number of rotatable bonds is 12. The van der Waals surface area contributed by atoms with Gasteiger partial charge in [-0.2, -0.15) is 12.6 Å². The summed E-state index contributed by atoms with van der Waals surface area (Å²) in [4.78, 5) is 0. The van der Waals surface area contributed by atoms with Crippen LogP contribution in [-0.2, 0) is 9.47 Å². The molecule has 0 saturated carbocycles. The number of thiol groups is 2. The van der Waals surface area contributed by atoms with E-state index in [0.717, 1.165) is 6.42 Å². The third kappa shape index (κ3) is 7.93. The van der Waals surface area contributed by atoms with E-state index in [4.69, 9.17) is 9.47 Å². The average Bonchev–Trinajstić information content (AvgIpc) is 2.34. The minimum absolute atomic E-state index is 0.0203. The Bertz CT molecular complexity index is 183. The number of hydrogen-bond acceptors (Lipinski definition) is 4. The Labute approximate surface area is 124 Å². The molecule has 0 aliphatic carbocycles. The first-order valence-electron chi connectivity index (χ1n) is 7.29. The molecule has 0 N–H and O–H groups in total. The molecule has 0 saturated heterocycles. The lowest BCUT2D eigenvalue weighted by Crippen LogP contribution is -2.39. The first-order chi connectivity index (χ1) is 8.60. The van der Waals surface area contributed by atoms with Crippen LogP contribution in [0.5, 0.6) is 0 Å². The number of unbranched alkanes of at least 4 members (excludes halogenated alkanes) is 5. The van der Waals surface area contributed by atoms with Crippen LogP contribution in [0.2, 0.25) is 0 Å². The fourth-order valence-electron chi connectivity index (χ4n) is 1.95. The fraction of sp³-hybridized carbons (Fsp3) is 1.00. The quantitative estimate of drug-likeness (QED) is 0.309. The van der Waals surface area contributed by atoms with Gasteiger partial charge in [-0.25, -0.2) is 0 Å². The average molecular weight is 295 g/mol.